The molecule has 0 bridgehead atoms. The summed E-state index contributed by atoms with van der Waals surface area (Å²) in [6, 6.07) is 0. The average molecular weight is 172 g/mol. The molecule has 0 aromatic heterocycles. The quantitative estimate of drug-likeness (QED) is 0.625. The van der Waals surface area contributed by atoms with E-state index in [0.29, 0.717) is 0 Å². The van der Waals surface area contributed by atoms with Crippen LogP contribution in [0.15, 0.2) is 0 Å². The second-order valence-corrected chi connectivity index (χ2v) is 4.72. The second-order valence-electron chi connectivity index (χ2n) is 3.73. The molecule has 0 radical (unpaired) electrons. The third kappa shape index (κ3) is 3.06. The van der Waals surface area contributed by atoms with Crippen LogP contribution in [0.1, 0.15) is 39.0 Å². The van der Waals surface area contributed by atoms with E-state index in [2.05, 4.69) is 13.2 Å². The minimum atomic E-state index is 1.07. The summed E-state index contributed by atoms with van der Waals surface area (Å²) in [5.41, 5.74) is 0. The first-order valence-corrected chi connectivity index (χ1v) is 6.25. The molecular formula is C10H20S. The lowest BCUT2D eigenvalue weighted by molar-refractivity contribution is 0.474. The Balaban J connectivity index is 2.09. The molecule has 0 heterocycles. The van der Waals surface area contributed by atoms with Crippen molar-refractivity contribution in [1.29, 1.82) is 0 Å². The van der Waals surface area contributed by atoms with Crippen LogP contribution < -0.4 is 0 Å². The van der Waals surface area contributed by atoms with Crippen molar-refractivity contribution in [3.63, 3.8) is 0 Å². The van der Waals surface area contributed by atoms with Gasteiger partial charge in [-0.3, -0.25) is 0 Å². The highest BCUT2D eigenvalue weighted by Gasteiger charge is 2.22. The molecule has 2 unspecified atom stereocenters. The van der Waals surface area contributed by atoms with Crippen LogP contribution in [0.3, 0.4) is 0 Å². The van der Waals surface area contributed by atoms with Crippen molar-refractivity contribution >= 4 is 11.8 Å². The normalized spacial score (nSPS) is 31.1. The monoisotopic (exact) mass is 172 g/mol. The van der Waals surface area contributed by atoms with Gasteiger partial charge in [0.05, 0.1) is 0 Å². The Morgan fingerprint density at radius 1 is 1.27 bits per heavy atom. The summed E-state index contributed by atoms with van der Waals surface area (Å²) in [4.78, 5) is 0. The van der Waals surface area contributed by atoms with Crippen LogP contribution in [0, 0.1) is 11.8 Å². The van der Waals surface area contributed by atoms with Crippen molar-refractivity contribution in [3.05, 3.63) is 0 Å². The molecule has 1 aliphatic carbocycles. The fourth-order valence-electron chi connectivity index (χ4n) is 2.10. The Kier molecular flexibility index (Phi) is 4.36. The Labute approximate surface area is 75.1 Å². The van der Waals surface area contributed by atoms with Crippen molar-refractivity contribution in [2.75, 3.05) is 12.0 Å². The molecule has 11 heavy (non-hydrogen) atoms. The van der Waals surface area contributed by atoms with E-state index >= 15 is 0 Å². The summed E-state index contributed by atoms with van der Waals surface area (Å²) in [5, 5.41) is 0. The Hall–Kier alpha value is 0.350. The third-order valence-corrected chi connectivity index (χ3v) is 3.60. The molecule has 0 aromatic carbocycles. The van der Waals surface area contributed by atoms with Gasteiger partial charge in [-0.2, -0.15) is 11.8 Å². The maximum absolute atomic E-state index is 2.33. The first-order valence-electron chi connectivity index (χ1n) is 4.85. The maximum Gasteiger partial charge on any atom is -0.00677 e. The van der Waals surface area contributed by atoms with Crippen molar-refractivity contribution in [2.24, 2.45) is 11.8 Å². The van der Waals surface area contributed by atoms with Gasteiger partial charge in [0.2, 0.25) is 0 Å². The van der Waals surface area contributed by atoms with E-state index in [4.69, 9.17) is 0 Å². The lowest BCUT2D eigenvalue weighted by Gasteiger charge is -2.08. The van der Waals surface area contributed by atoms with Gasteiger partial charge in [-0.25, -0.2) is 0 Å². The van der Waals surface area contributed by atoms with Gasteiger partial charge in [0.15, 0.2) is 0 Å². The zero-order valence-corrected chi connectivity index (χ0v) is 8.62. The van der Waals surface area contributed by atoms with Crippen LogP contribution in [0.5, 0.6) is 0 Å². The highest BCUT2D eigenvalue weighted by atomic mass is 32.2. The molecule has 1 rings (SSSR count). The molecule has 1 saturated carbocycles. The van der Waals surface area contributed by atoms with Gasteiger partial charge < -0.3 is 0 Å². The lowest BCUT2D eigenvalue weighted by atomic mass is 10.0. The molecule has 0 amide bonds. The zero-order chi connectivity index (χ0) is 8.10. The van der Waals surface area contributed by atoms with E-state index in [1.807, 2.05) is 11.8 Å². The average Bonchev–Trinajstić information content (AvgIpc) is 2.48. The standard InChI is InChI=1S/C10H20S/c1-3-9-4-5-10(8-9)6-7-11-2/h9-10H,3-8H2,1-2H3. The summed E-state index contributed by atoms with van der Waals surface area (Å²) in [6.45, 7) is 2.33. The van der Waals surface area contributed by atoms with Gasteiger partial charge in [0.1, 0.15) is 0 Å². The Bertz CT molecular complexity index is 101. The third-order valence-electron chi connectivity index (χ3n) is 2.96. The van der Waals surface area contributed by atoms with Crippen LogP contribution in [0.4, 0.5) is 0 Å². The topological polar surface area (TPSA) is 0 Å². The first-order chi connectivity index (χ1) is 5.36. The Morgan fingerprint density at radius 3 is 2.55 bits per heavy atom. The van der Waals surface area contributed by atoms with E-state index in [9.17, 15) is 0 Å². The summed E-state index contributed by atoms with van der Waals surface area (Å²) >= 11 is 2.00. The largest absolute Gasteiger partial charge is 0.165 e. The molecule has 0 aromatic rings. The molecule has 66 valence electrons. The lowest BCUT2D eigenvalue weighted by Crippen LogP contribution is -1.96. The molecule has 1 fully saturated rings. The smallest absolute Gasteiger partial charge is 0.00677 e. The fraction of sp³-hybridized carbons (Fsp3) is 1.00. The van der Waals surface area contributed by atoms with E-state index in [1.54, 1.807) is 0 Å². The van der Waals surface area contributed by atoms with E-state index < -0.39 is 0 Å². The van der Waals surface area contributed by atoms with Gasteiger partial charge in [-0.15, -0.1) is 0 Å². The number of thioether (sulfide) groups is 1. The molecule has 0 spiro atoms. The van der Waals surface area contributed by atoms with E-state index in [0.717, 1.165) is 11.8 Å². The Morgan fingerprint density at radius 2 is 2.00 bits per heavy atom. The fourth-order valence-corrected chi connectivity index (χ4v) is 2.67. The summed E-state index contributed by atoms with van der Waals surface area (Å²) in [6.07, 6.45) is 9.64. The van der Waals surface area contributed by atoms with Crippen LogP contribution in [0.25, 0.3) is 0 Å². The predicted molar refractivity (Wildman–Crippen MR) is 54.1 cm³/mol. The molecule has 0 aliphatic heterocycles. The zero-order valence-electron chi connectivity index (χ0n) is 7.81. The number of hydrogen-bond acceptors (Lipinski definition) is 1. The maximum atomic E-state index is 2.33. The highest BCUT2D eigenvalue weighted by molar-refractivity contribution is 7.98. The van der Waals surface area contributed by atoms with Crippen molar-refractivity contribution < 1.29 is 0 Å². The SMILES string of the molecule is CCC1CCC(CCSC)C1. The summed E-state index contributed by atoms with van der Waals surface area (Å²) in [5.74, 6) is 3.52. The van der Waals surface area contributed by atoms with Gasteiger partial charge in [0, 0.05) is 0 Å². The van der Waals surface area contributed by atoms with Gasteiger partial charge >= 0.3 is 0 Å². The minimum absolute atomic E-state index is 1.07. The van der Waals surface area contributed by atoms with Crippen LogP contribution in [-0.2, 0) is 0 Å². The van der Waals surface area contributed by atoms with Crippen LogP contribution in [-0.4, -0.2) is 12.0 Å². The minimum Gasteiger partial charge on any atom is -0.165 e. The molecule has 1 aliphatic rings. The second kappa shape index (κ2) is 5.08. The molecule has 2 atom stereocenters. The molecular weight excluding hydrogens is 152 g/mol. The predicted octanol–water partition coefficient (Wildman–Crippen LogP) is 3.57. The van der Waals surface area contributed by atoms with Crippen molar-refractivity contribution in [2.45, 2.75) is 39.0 Å². The number of hydrogen-bond donors (Lipinski definition) is 0. The van der Waals surface area contributed by atoms with Crippen molar-refractivity contribution in [3.8, 4) is 0 Å². The van der Waals surface area contributed by atoms with E-state index in [1.165, 1.54) is 37.9 Å². The first kappa shape index (κ1) is 9.44. The van der Waals surface area contributed by atoms with E-state index in [-0.39, 0.29) is 0 Å². The van der Waals surface area contributed by atoms with Crippen LogP contribution >= 0.6 is 11.8 Å². The summed E-state index contributed by atoms with van der Waals surface area (Å²) in [7, 11) is 0. The van der Waals surface area contributed by atoms with Gasteiger partial charge in [0.25, 0.3) is 0 Å². The van der Waals surface area contributed by atoms with Crippen molar-refractivity contribution in [1.82, 2.24) is 0 Å². The highest BCUT2D eigenvalue weighted by Crippen LogP contribution is 2.35. The van der Waals surface area contributed by atoms with Gasteiger partial charge in [-0.05, 0) is 36.7 Å². The molecule has 0 nitrogen and oxygen atoms in total. The summed E-state index contributed by atoms with van der Waals surface area (Å²) < 4.78 is 0. The van der Waals surface area contributed by atoms with Crippen LogP contribution in [0.2, 0.25) is 0 Å². The van der Waals surface area contributed by atoms with Gasteiger partial charge in [-0.1, -0.05) is 26.2 Å². The molecule has 1 heteroatoms. The molecule has 0 N–H and O–H groups in total. The number of rotatable bonds is 4. The molecule has 0 saturated heterocycles.